The average molecular weight is 321 g/mol. The number of rotatable bonds is 4. The van der Waals surface area contributed by atoms with E-state index < -0.39 is 5.41 Å². The van der Waals surface area contributed by atoms with Gasteiger partial charge in [-0.05, 0) is 67.5 Å². The molecule has 3 heteroatoms. The summed E-state index contributed by atoms with van der Waals surface area (Å²) in [5, 5.41) is 4.05. The Hall–Kier alpha value is -2.42. The summed E-state index contributed by atoms with van der Waals surface area (Å²) in [5.41, 5.74) is 6.44. The fourth-order valence-corrected chi connectivity index (χ4v) is 2.80. The highest BCUT2D eigenvalue weighted by Crippen LogP contribution is 2.36. The smallest absolute Gasteiger partial charge is 0.317 e. The number of oxime groups is 1. The van der Waals surface area contributed by atoms with Gasteiger partial charge in [0.05, 0.1) is 11.1 Å². The van der Waals surface area contributed by atoms with Crippen molar-refractivity contribution in [3.8, 4) is 11.1 Å². The predicted octanol–water partition coefficient (Wildman–Crippen LogP) is 4.96. The molecule has 2 aromatic carbocycles. The van der Waals surface area contributed by atoms with E-state index in [4.69, 9.17) is 4.84 Å². The van der Waals surface area contributed by atoms with Crippen molar-refractivity contribution < 1.29 is 9.63 Å². The van der Waals surface area contributed by atoms with Crippen LogP contribution >= 0.6 is 0 Å². The van der Waals surface area contributed by atoms with Gasteiger partial charge in [-0.2, -0.15) is 0 Å². The normalized spacial score (nSPS) is 13.4. The van der Waals surface area contributed by atoms with Crippen LogP contribution in [0.3, 0.4) is 0 Å². The number of carbonyl (C=O) groups excluding carboxylic acids is 1. The van der Waals surface area contributed by atoms with Gasteiger partial charge >= 0.3 is 5.97 Å². The van der Waals surface area contributed by atoms with Crippen molar-refractivity contribution in [1.82, 2.24) is 0 Å². The molecule has 0 spiro atoms. The topological polar surface area (TPSA) is 38.7 Å². The molecule has 0 saturated heterocycles. The predicted molar refractivity (Wildman–Crippen MR) is 97.1 cm³/mol. The van der Waals surface area contributed by atoms with Crippen LogP contribution in [0.15, 0.2) is 47.6 Å². The van der Waals surface area contributed by atoms with Crippen molar-refractivity contribution in [2.45, 2.75) is 40.5 Å². The number of nitrogens with zero attached hydrogens (tertiary/aromatic N) is 1. The number of hydrogen-bond acceptors (Lipinski definition) is 3. The lowest BCUT2D eigenvalue weighted by Crippen LogP contribution is -2.24. The molecule has 0 atom stereocenters. The zero-order valence-electron chi connectivity index (χ0n) is 14.7. The summed E-state index contributed by atoms with van der Waals surface area (Å²) < 4.78 is 0. The molecule has 2 aromatic rings. The lowest BCUT2D eigenvalue weighted by atomic mass is 9.91. The molecule has 3 nitrogen and oxygen atoms in total. The van der Waals surface area contributed by atoms with Gasteiger partial charge < -0.3 is 4.84 Å². The van der Waals surface area contributed by atoms with Crippen molar-refractivity contribution in [3.05, 3.63) is 59.2 Å². The average Bonchev–Trinajstić information content (AvgIpc) is 2.96. The number of carbonyl (C=O) groups is 1. The number of hydrogen-bond donors (Lipinski definition) is 0. The molecule has 0 heterocycles. The van der Waals surface area contributed by atoms with Gasteiger partial charge in [-0.3, -0.25) is 0 Å². The van der Waals surface area contributed by atoms with E-state index in [0.717, 1.165) is 18.4 Å². The summed E-state index contributed by atoms with van der Waals surface area (Å²) >= 11 is 0. The van der Waals surface area contributed by atoms with Gasteiger partial charge in [0.25, 0.3) is 0 Å². The summed E-state index contributed by atoms with van der Waals surface area (Å²) in [6, 6.07) is 14.8. The molecule has 0 unspecified atom stereocenters. The van der Waals surface area contributed by atoms with Gasteiger partial charge in [0.2, 0.25) is 0 Å². The maximum Gasteiger partial charge on any atom is 0.340 e. The van der Waals surface area contributed by atoms with Crippen molar-refractivity contribution in [2.24, 2.45) is 10.6 Å². The van der Waals surface area contributed by atoms with Crippen LogP contribution in [0.2, 0.25) is 0 Å². The van der Waals surface area contributed by atoms with Crippen LogP contribution in [0, 0.1) is 5.41 Å². The Balaban J connectivity index is 1.81. The van der Waals surface area contributed by atoms with Crippen LogP contribution in [-0.2, 0) is 16.1 Å². The van der Waals surface area contributed by atoms with Crippen molar-refractivity contribution in [1.29, 1.82) is 0 Å². The lowest BCUT2D eigenvalue weighted by molar-refractivity contribution is -0.154. The Kier molecular flexibility index (Phi) is 4.27. The first-order valence-electron chi connectivity index (χ1n) is 8.40. The second-order valence-electron chi connectivity index (χ2n) is 7.00. The third-order valence-electron chi connectivity index (χ3n) is 4.91. The van der Waals surface area contributed by atoms with E-state index in [1.807, 2.05) is 33.8 Å². The summed E-state index contributed by atoms with van der Waals surface area (Å²) in [4.78, 5) is 17.2. The third kappa shape index (κ3) is 2.99. The highest BCUT2D eigenvalue weighted by molar-refractivity contribution is 5.99. The fraction of sp³-hybridized carbons (Fsp3) is 0.333. The summed E-state index contributed by atoms with van der Waals surface area (Å²) in [6.45, 7) is 7.58. The highest BCUT2D eigenvalue weighted by Gasteiger charge is 2.27. The molecular weight excluding hydrogens is 298 g/mol. The van der Waals surface area contributed by atoms with E-state index in [9.17, 15) is 4.79 Å². The van der Waals surface area contributed by atoms with E-state index in [1.165, 1.54) is 22.3 Å². The van der Waals surface area contributed by atoms with Crippen LogP contribution in [0.4, 0.5) is 0 Å². The van der Waals surface area contributed by atoms with Crippen LogP contribution in [-0.4, -0.2) is 11.7 Å². The number of fused-ring (bicyclic) bond motifs is 3. The van der Waals surface area contributed by atoms with Crippen LogP contribution in [0.1, 0.15) is 50.8 Å². The maximum absolute atomic E-state index is 12.0. The highest BCUT2D eigenvalue weighted by atomic mass is 16.7. The van der Waals surface area contributed by atoms with Gasteiger partial charge in [-0.1, -0.05) is 48.5 Å². The monoisotopic (exact) mass is 321 g/mol. The van der Waals surface area contributed by atoms with Gasteiger partial charge in [-0.15, -0.1) is 0 Å². The lowest BCUT2D eigenvalue weighted by Gasteiger charge is -2.17. The van der Waals surface area contributed by atoms with Crippen LogP contribution < -0.4 is 0 Å². The minimum absolute atomic E-state index is 0.294. The van der Waals surface area contributed by atoms with Gasteiger partial charge in [0.1, 0.15) is 0 Å². The Morgan fingerprint density at radius 2 is 1.83 bits per heavy atom. The van der Waals surface area contributed by atoms with Crippen LogP contribution in [0.5, 0.6) is 0 Å². The molecule has 0 aromatic heterocycles. The molecule has 24 heavy (non-hydrogen) atoms. The minimum atomic E-state index is -0.511. The first-order valence-corrected chi connectivity index (χ1v) is 8.40. The quantitative estimate of drug-likeness (QED) is 0.387. The van der Waals surface area contributed by atoms with E-state index in [-0.39, 0.29) is 5.97 Å². The van der Waals surface area contributed by atoms with Gasteiger partial charge in [-0.25, -0.2) is 4.79 Å². The molecule has 0 fully saturated rings. The Morgan fingerprint density at radius 1 is 1.12 bits per heavy atom. The first kappa shape index (κ1) is 16.4. The molecule has 0 radical (unpaired) electrons. The van der Waals surface area contributed by atoms with Gasteiger partial charge in [0, 0.05) is 0 Å². The Labute approximate surface area is 143 Å². The minimum Gasteiger partial charge on any atom is -0.317 e. The second-order valence-corrected chi connectivity index (χ2v) is 7.00. The van der Waals surface area contributed by atoms with E-state index in [0.29, 0.717) is 5.71 Å². The van der Waals surface area contributed by atoms with E-state index in [1.54, 1.807) is 0 Å². The summed E-state index contributed by atoms with van der Waals surface area (Å²) in [5.74, 6) is -0.294. The molecule has 0 saturated carbocycles. The van der Waals surface area contributed by atoms with Crippen molar-refractivity contribution in [2.75, 3.05) is 0 Å². The molecular formula is C21H23NO2. The molecule has 0 amide bonds. The Bertz CT molecular complexity index is 818. The van der Waals surface area contributed by atoms with Gasteiger partial charge in [0.15, 0.2) is 0 Å². The van der Waals surface area contributed by atoms with Crippen molar-refractivity contribution >= 4 is 11.7 Å². The third-order valence-corrected chi connectivity index (χ3v) is 4.91. The molecule has 124 valence electrons. The second kappa shape index (κ2) is 6.23. The number of benzene rings is 2. The van der Waals surface area contributed by atoms with Crippen LogP contribution in [0.25, 0.3) is 11.1 Å². The standard InChI is InChI=1S/C21H23NO2/c1-5-21(3,4)20(23)24-22-14(2)15-10-11-19-17(12-15)13-16-8-6-7-9-18(16)19/h6-12H,5,13H2,1-4H3/b22-14-. The molecule has 3 rings (SSSR count). The van der Waals surface area contributed by atoms with Crippen molar-refractivity contribution in [3.63, 3.8) is 0 Å². The molecule has 0 N–H and O–H groups in total. The van der Waals surface area contributed by atoms with E-state index in [2.05, 4.69) is 41.6 Å². The first-order chi connectivity index (χ1) is 11.4. The van der Waals surface area contributed by atoms with E-state index >= 15 is 0 Å². The molecule has 0 aliphatic heterocycles. The summed E-state index contributed by atoms with van der Waals surface area (Å²) in [7, 11) is 0. The maximum atomic E-state index is 12.0. The zero-order chi connectivity index (χ0) is 17.3. The molecule has 1 aliphatic rings. The molecule has 0 bridgehead atoms. The SMILES string of the molecule is CCC(C)(C)C(=O)O/N=C(/C)c1ccc2c(c1)Cc1ccccc1-2. The molecule has 1 aliphatic carbocycles. The Morgan fingerprint density at radius 3 is 2.58 bits per heavy atom. The fourth-order valence-electron chi connectivity index (χ4n) is 2.80. The zero-order valence-corrected chi connectivity index (χ0v) is 14.7. The summed E-state index contributed by atoms with van der Waals surface area (Å²) in [6.07, 6.45) is 1.66. The largest absolute Gasteiger partial charge is 0.340 e.